The second-order valence-electron chi connectivity index (χ2n) is 3.20. The number of hydrogen-bond acceptors (Lipinski definition) is 1. The molecule has 0 aliphatic rings. The maximum absolute atomic E-state index is 11.4. The van der Waals surface area contributed by atoms with Gasteiger partial charge in [-0.2, -0.15) is 0 Å². The molecule has 3 heteroatoms. The van der Waals surface area contributed by atoms with E-state index < -0.39 is 0 Å². The van der Waals surface area contributed by atoms with Crippen LogP contribution in [-0.4, -0.2) is 9.78 Å². The van der Waals surface area contributed by atoms with Gasteiger partial charge < -0.3 is 0 Å². The summed E-state index contributed by atoms with van der Waals surface area (Å²) in [5.74, 6) is 0. The van der Waals surface area contributed by atoms with Crippen LogP contribution in [0.15, 0.2) is 23.0 Å². The average molecular weight is 176 g/mol. The Bertz CT molecular complexity index is 493. The van der Waals surface area contributed by atoms with E-state index in [0.29, 0.717) is 0 Å². The van der Waals surface area contributed by atoms with Crippen LogP contribution in [-0.2, 0) is 13.5 Å². The molecule has 2 aromatic rings. The van der Waals surface area contributed by atoms with E-state index in [1.165, 1.54) is 5.56 Å². The molecule has 0 atom stereocenters. The minimum absolute atomic E-state index is 0.00667. The summed E-state index contributed by atoms with van der Waals surface area (Å²) in [6.07, 6.45) is 0.963. The van der Waals surface area contributed by atoms with Crippen molar-refractivity contribution >= 4 is 10.9 Å². The Kier molecular flexibility index (Phi) is 1.72. The van der Waals surface area contributed by atoms with Crippen molar-refractivity contribution in [3.8, 4) is 0 Å². The fourth-order valence-electron chi connectivity index (χ4n) is 1.55. The molecule has 0 saturated carbocycles. The molecule has 1 aromatic heterocycles. The first-order chi connectivity index (χ1) is 6.22. The quantitative estimate of drug-likeness (QED) is 0.701. The fourth-order valence-corrected chi connectivity index (χ4v) is 1.55. The van der Waals surface area contributed by atoms with Crippen LogP contribution in [0, 0.1) is 0 Å². The first-order valence-corrected chi connectivity index (χ1v) is 4.40. The number of H-pyrrole nitrogens is 1. The number of nitrogens with zero attached hydrogens (tertiary/aromatic N) is 1. The van der Waals surface area contributed by atoms with Crippen LogP contribution in [0.2, 0.25) is 0 Å². The Hall–Kier alpha value is -1.51. The van der Waals surface area contributed by atoms with E-state index in [1.54, 1.807) is 4.68 Å². The molecule has 0 unspecified atom stereocenters. The number of benzene rings is 1. The number of rotatable bonds is 1. The van der Waals surface area contributed by atoms with Crippen LogP contribution in [0.1, 0.15) is 12.5 Å². The molecule has 13 heavy (non-hydrogen) atoms. The lowest BCUT2D eigenvalue weighted by Gasteiger charge is -1.96. The predicted octanol–water partition coefficient (Wildman–Crippen LogP) is 1.43. The van der Waals surface area contributed by atoms with Crippen molar-refractivity contribution in [1.29, 1.82) is 0 Å². The standard InChI is InChI=1S/C10H12N2O/c1-3-7-4-5-9-8(6-7)10(13)11-12(9)2/h4-6H,3H2,1-2H3,(H,11,13). The summed E-state index contributed by atoms with van der Waals surface area (Å²) in [5, 5.41) is 3.51. The molecule has 1 N–H and O–H groups in total. The summed E-state index contributed by atoms with van der Waals surface area (Å²) in [6.45, 7) is 2.08. The zero-order valence-electron chi connectivity index (χ0n) is 7.79. The monoisotopic (exact) mass is 176 g/mol. The molecule has 0 amide bonds. The van der Waals surface area contributed by atoms with Gasteiger partial charge in [-0.1, -0.05) is 13.0 Å². The second-order valence-corrected chi connectivity index (χ2v) is 3.20. The maximum atomic E-state index is 11.4. The van der Waals surface area contributed by atoms with Gasteiger partial charge in [-0.3, -0.25) is 14.6 Å². The number of nitrogens with one attached hydrogen (secondary N) is 1. The van der Waals surface area contributed by atoms with Crippen molar-refractivity contribution in [2.75, 3.05) is 0 Å². The highest BCUT2D eigenvalue weighted by Gasteiger charge is 2.03. The normalized spacial score (nSPS) is 10.9. The van der Waals surface area contributed by atoms with Crippen LogP contribution in [0.5, 0.6) is 0 Å². The van der Waals surface area contributed by atoms with Gasteiger partial charge in [0.15, 0.2) is 0 Å². The molecule has 0 bridgehead atoms. The van der Waals surface area contributed by atoms with Gasteiger partial charge in [0.2, 0.25) is 0 Å². The van der Waals surface area contributed by atoms with Crippen molar-refractivity contribution in [1.82, 2.24) is 9.78 Å². The molecule has 1 heterocycles. The van der Waals surface area contributed by atoms with Gasteiger partial charge in [-0.25, -0.2) is 0 Å². The molecule has 0 aliphatic carbocycles. The Balaban J connectivity index is 2.84. The first-order valence-electron chi connectivity index (χ1n) is 4.40. The molecule has 0 fully saturated rings. The van der Waals surface area contributed by atoms with E-state index in [1.807, 2.05) is 19.2 Å². The average Bonchev–Trinajstić information content (AvgIpc) is 2.42. The highest BCUT2D eigenvalue weighted by atomic mass is 16.1. The van der Waals surface area contributed by atoms with E-state index in [2.05, 4.69) is 18.1 Å². The topological polar surface area (TPSA) is 37.8 Å². The Morgan fingerprint density at radius 1 is 1.46 bits per heavy atom. The van der Waals surface area contributed by atoms with Gasteiger partial charge in [0, 0.05) is 7.05 Å². The molecular weight excluding hydrogens is 164 g/mol. The van der Waals surface area contributed by atoms with Gasteiger partial charge in [0.05, 0.1) is 10.9 Å². The molecule has 2 rings (SSSR count). The van der Waals surface area contributed by atoms with Crippen molar-refractivity contribution in [2.45, 2.75) is 13.3 Å². The highest BCUT2D eigenvalue weighted by Crippen LogP contribution is 2.11. The summed E-state index contributed by atoms with van der Waals surface area (Å²) in [7, 11) is 1.84. The minimum atomic E-state index is -0.00667. The molecule has 0 spiro atoms. The number of aromatic nitrogens is 2. The Morgan fingerprint density at radius 2 is 2.23 bits per heavy atom. The molecule has 68 valence electrons. The Labute approximate surface area is 76.0 Å². The molecular formula is C10H12N2O. The third-order valence-corrected chi connectivity index (χ3v) is 2.34. The fraction of sp³-hybridized carbons (Fsp3) is 0.300. The largest absolute Gasteiger partial charge is 0.288 e. The van der Waals surface area contributed by atoms with E-state index >= 15 is 0 Å². The van der Waals surface area contributed by atoms with Gasteiger partial charge in [-0.15, -0.1) is 0 Å². The lowest BCUT2D eigenvalue weighted by Crippen LogP contribution is -2.01. The SMILES string of the molecule is CCc1ccc2c(c1)c(=O)[nH]n2C. The van der Waals surface area contributed by atoms with Crippen LogP contribution in [0.3, 0.4) is 0 Å². The molecule has 0 saturated heterocycles. The summed E-state index contributed by atoms with van der Waals surface area (Å²) in [6, 6.07) is 5.98. The van der Waals surface area contributed by atoms with Crippen molar-refractivity contribution in [3.63, 3.8) is 0 Å². The van der Waals surface area contributed by atoms with E-state index in [0.717, 1.165) is 17.3 Å². The van der Waals surface area contributed by atoms with Crippen LogP contribution in [0.4, 0.5) is 0 Å². The third kappa shape index (κ3) is 1.16. The van der Waals surface area contributed by atoms with Gasteiger partial charge in [-0.05, 0) is 24.1 Å². The number of hydrogen-bond donors (Lipinski definition) is 1. The first kappa shape index (κ1) is 8.10. The zero-order chi connectivity index (χ0) is 9.42. The minimum Gasteiger partial charge on any atom is -0.288 e. The predicted molar refractivity (Wildman–Crippen MR) is 52.9 cm³/mol. The maximum Gasteiger partial charge on any atom is 0.271 e. The second kappa shape index (κ2) is 2.76. The number of aryl methyl sites for hydroxylation is 2. The number of fused-ring (bicyclic) bond motifs is 1. The smallest absolute Gasteiger partial charge is 0.271 e. The third-order valence-electron chi connectivity index (χ3n) is 2.34. The molecule has 0 aliphatic heterocycles. The van der Waals surface area contributed by atoms with Gasteiger partial charge in [0.25, 0.3) is 5.56 Å². The summed E-state index contributed by atoms with van der Waals surface area (Å²) in [5.41, 5.74) is 2.15. The van der Waals surface area contributed by atoms with Crippen molar-refractivity contribution in [3.05, 3.63) is 34.1 Å². The number of aromatic amines is 1. The van der Waals surface area contributed by atoms with Gasteiger partial charge in [0.1, 0.15) is 0 Å². The molecule has 1 aromatic carbocycles. The van der Waals surface area contributed by atoms with Crippen LogP contribution in [0.25, 0.3) is 10.9 Å². The summed E-state index contributed by atoms with van der Waals surface area (Å²) < 4.78 is 1.75. The lowest BCUT2D eigenvalue weighted by atomic mass is 10.1. The zero-order valence-corrected chi connectivity index (χ0v) is 7.79. The van der Waals surface area contributed by atoms with Gasteiger partial charge >= 0.3 is 0 Å². The van der Waals surface area contributed by atoms with Crippen molar-refractivity contribution in [2.24, 2.45) is 7.05 Å². The summed E-state index contributed by atoms with van der Waals surface area (Å²) in [4.78, 5) is 11.4. The van der Waals surface area contributed by atoms with Crippen molar-refractivity contribution < 1.29 is 0 Å². The van der Waals surface area contributed by atoms with E-state index in [9.17, 15) is 4.79 Å². The highest BCUT2D eigenvalue weighted by molar-refractivity contribution is 5.79. The van der Waals surface area contributed by atoms with E-state index in [4.69, 9.17) is 0 Å². The van der Waals surface area contributed by atoms with E-state index in [-0.39, 0.29) is 5.56 Å². The molecule has 0 radical (unpaired) electrons. The summed E-state index contributed by atoms with van der Waals surface area (Å²) >= 11 is 0. The van der Waals surface area contributed by atoms with Crippen LogP contribution >= 0.6 is 0 Å². The Morgan fingerprint density at radius 3 is 2.92 bits per heavy atom. The van der Waals surface area contributed by atoms with Crippen LogP contribution < -0.4 is 5.56 Å². The lowest BCUT2D eigenvalue weighted by molar-refractivity contribution is 0.783. The molecule has 3 nitrogen and oxygen atoms in total.